The van der Waals surface area contributed by atoms with Crippen LogP contribution < -0.4 is 10.6 Å². The van der Waals surface area contributed by atoms with E-state index in [2.05, 4.69) is 31.4 Å². The molecule has 0 spiro atoms. The van der Waals surface area contributed by atoms with Crippen molar-refractivity contribution in [2.24, 2.45) is 0 Å². The van der Waals surface area contributed by atoms with Crippen molar-refractivity contribution < 1.29 is 33.0 Å². The zero-order valence-electron chi connectivity index (χ0n) is 25.2. The summed E-state index contributed by atoms with van der Waals surface area (Å²) in [5.41, 5.74) is 0. The standard InChI is InChI=1S/C29H59N2O7P/c1-4-7-10-13-16-19-22-30-28(32)36-25-27(38-29(33)31-23-20-17-14-11-8-5-2)26-37-39(34,35)24-21-18-15-12-9-6-3/h27H,4-26H2,1-3H3,(H,30,32)(H,31,33)(H,34,35). The molecular weight excluding hydrogens is 519 g/mol. The zero-order chi connectivity index (χ0) is 29.0. The largest absolute Gasteiger partial charge is 0.446 e. The van der Waals surface area contributed by atoms with Crippen molar-refractivity contribution in [3.05, 3.63) is 0 Å². The van der Waals surface area contributed by atoms with E-state index in [0.29, 0.717) is 19.5 Å². The lowest BCUT2D eigenvalue weighted by atomic mass is 10.1. The Balaban J connectivity index is 4.51. The minimum atomic E-state index is -3.83. The van der Waals surface area contributed by atoms with E-state index in [4.69, 9.17) is 14.0 Å². The lowest BCUT2D eigenvalue weighted by Gasteiger charge is -2.20. The molecule has 232 valence electrons. The Kier molecular flexibility index (Phi) is 26.0. The van der Waals surface area contributed by atoms with Crippen LogP contribution in [-0.4, -0.2) is 55.6 Å². The maximum Gasteiger partial charge on any atom is 0.407 e. The molecule has 0 heterocycles. The third-order valence-corrected chi connectivity index (χ3v) is 7.96. The van der Waals surface area contributed by atoms with Gasteiger partial charge in [0.2, 0.25) is 0 Å². The van der Waals surface area contributed by atoms with Crippen molar-refractivity contribution in [2.75, 3.05) is 32.5 Å². The second kappa shape index (κ2) is 26.9. The summed E-state index contributed by atoms with van der Waals surface area (Å²) in [6.45, 7) is 6.90. The fourth-order valence-corrected chi connectivity index (χ4v) is 5.23. The molecule has 0 rings (SSSR count). The molecule has 2 atom stereocenters. The third-order valence-electron chi connectivity index (χ3n) is 6.53. The van der Waals surface area contributed by atoms with Crippen molar-refractivity contribution in [2.45, 2.75) is 142 Å². The highest BCUT2D eigenvalue weighted by molar-refractivity contribution is 7.52. The van der Waals surface area contributed by atoms with Crippen molar-refractivity contribution in [1.29, 1.82) is 0 Å². The maximum atomic E-state index is 12.5. The van der Waals surface area contributed by atoms with E-state index >= 15 is 0 Å². The normalized spacial score (nSPS) is 13.4. The molecular formula is C29H59N2O7P. The summed E-state index contributed by atoms with van der Waals surface area (Å²) in [7, 11) is -3.83. The fourth-order valence-electron chi connectivity index (χ4n) is 4.08. The van der Waals surface area contributed by atoms with E-state index in [0.717, 1.165) is 64.2 Å². The first-order valence-electron chi connectivity index (χ1n) is 15.7. The molecule has 2 unspecified atom stereocenters. The summed E-state index contributed by atoms with van der Waals surface area (Å²) in [6.07, 6.45) is 17.0. The Morgan fingerprint density at radius 2 is 1.08 bits per heavy atom. The molecule has 0 fully saturated rings. The van der Waals surface area contributed by atoms with Gasteiger partial charge in [0.25, 0.3) is 0 Å². The molecule has 3 N–H and O–H groups in total. The molecule has 0 aliphatic rings. The first-order valence-corrected chi connectivity index (χ1v) is 17.4. The predicted octanol–water partition coefficient (Wildman–Crippen LogP) is 8.09. The van der Waals surface area contributed by atoms with Crippen molar-refractivity contribution >= 4 is 19.8 Å². The van der Waals surface area contributed by atoms with Crippen LogP contribution in [0.3, 0.4) is 0 Å². The SMILES string of the molecule is CCCCCCCCNC(=O)OCC(COP(=O)(O)CCCCCCCC)OC(=O)NCCCCCCCC. The average molecular weight is 579 g/mol. The number of rotatable bonds is 27. The molecule has 39 heavy (non-hydrogen) atoms. The van der Waals surface area contributed by atoms with Crippen LogP contribution in [0.1, 0.15) is 136 Å². The molecule has 10 heteroatoms. The quantitative estimate of drug-likeness (QED) is 0.0665. The number of hydrogen-bond acceptors (Lipinski definition) is 6. The summed E-state index contributed by atoms with van der Waals surface area (Å²) < 4.78 is 28.4. The van der Waals surface area contributed by atoms with E-state index in [-0.39, 0.29) is 19.4 Å². The van der Waals surface area contributed by atoms with Crippen LogP contribution in [-0.2, 0) is 18.6 Å². The molecule has 0 saturated carbocycles. The lowest BCUT2D eigenvalue weighted by molar-refractivity contribution is 0.0176. The van der Waals surface area contributed by atoms with E-state index in [1.165, 1.54) is 44.9 Å². The first-order chi connectivity index (χ1) is 18.8. The van der Waals surface area contributed by atoms with Gasteiger partial charge < -0.3 is 29.5 Å². The van der Waals surface area contributed by atoms with Gasteiger partial charge >= 0.3 is 19.8 Å². The van der Waals surface area contributed by atoms with Crippen molar-refractivity contribution in [3.63, 3.8) is 0 Å². The van der Waals surface area contributed by atoms with Gasteiger partial charge in [-0.1, -0.05) is 117 Å². The Morgan fingerprint density at radius 1 is 0.641 bits per heavy atom. The van der Waals surface area contributed by atoms with Gasteiger partial charge in [0.05, 0.1) is 6.61 Å². The Morgan fingerprint density at radius 3 is 1.59 bits per heavy atom. The van der Waals surface area contributed by atoms with Crippen LogP contribution >= 0.6 is 7.60 Å². The van der Waals surface area contributed by atoms with E-state index in [1.807, 2.05) is 0 Å². The lowest BCUT2D eigenvalue weighted by Crippen LogP contribution is -2.36. The molecule has 0 bridgehead atoms. The van der Waals surface area contributed by atoms with E-state index < -0.39 is 25.9 Å². The van der Waals surface area contributed by atoms with E-state index in [1.54, 1.807) is 0 Å². The number of nitrogens with one attached hydrogen (secondary N) is 2. The minimum Gasteiger partial charge on any atom is -0.446 e. The highest BCUT2D eigenvalue weighted by Crippen LogP contribution is 2.43. The molecule has 9 nitrogen and oxygen atoms in total. The van der Waals surface area contributed by atoms with Crippen molar-refractivity contribution in [3.8, 4) is 0 Å². The van der Waals surface area contributed by atoms with Gasteiger partial charge in [-0.05, 0) is 19.3 Å². The van der Waals surface area contributed by atoms with Crippen LogP contribution in [0.2, 0.25) is 0 Å². The number of ether oxygens (including phenoxy) is 2. The number of carbonyl (C=O) groups is 2. The molecule has 0 saturated heterocycles. The Labute approximate surface area is 238 Å². The molecule has 0 aromatic rings. The van der Waals surface area contributed by atoms with Gasteiger partial charge in [-0.25, -0.2) is 9.59 Å². The van der Waals surface area contributed by atoms with Gasteiger partial charge in [0.15, 0.2) is 6.10 Å². The minimum absolute atomic E-state index is 0.0513. The first kappa shape index (κ1) is 37.7. The number of unbranched alkanes of at least 4 members (excludes halogenated alkanes) is 15. The van der Waals surface area contributed by atoms with Gasteiger partial charge in [-0.3, -0.25) is 4.57 Å². The van der Waals surface area contributed by atoms with Crippen LogP contribution in [0.25, 0.3) is 0 Å². The summed E-state index contributed by atoms with van der Waals surface area (Å²) in [4.78, 5) is 34.6. The summed E-state index contributed by atoms with van der Waals surface area (Å²) in [5.74, 6) is 0. The number of carbonyl (C=O) groups excluding carboxylic acids is 2. The monoisotopic (exact) mass is 578 g/mol. The van der Waals surface area contributed by atoms with Crippen LogP contribution in [0, 0.1) is 0 Å². The second-order valence-corrected chi connectivity index (χ2v) is 12.4. The maximum absolute atomic E-state index is 12.5. The highest BCUT2D eigenvalue weighted by Gasteiger charge is 2.24. The topological polar surface area (TPSA) is 123 Å². The van der Waals surface area contributed by atoms with Gasteiger partial charge in [-0.15, -0.1) is 0 Å². The van der Waals surface area contributed by atoms with Gasteiger partial charge in [0.1, 0.15) is 6.61 Å². The number of alkyl carbamates (subject to hydrolysis) is 2. The van der Waals surface area contributed by atoms with Crippen molar-refractivity contribution in [1.82, 2.24) is 10.6 Å². The fraction of sp³-hybridized carbons (Fsp3) is 0.931. The third kappa shape index (κ3) is 26.7. The van der Waals surface area contributed by atoms with Crippen LogP contribution in [0.15, 0.2) is 0 Å². The predicted molar refractivity (Wildman–Crippen MR) is 158 cm³/mol. The molecule has 0 aliphatic heterocycles. The zero-order valence-corrected chi connectivity index (χ0v) is 26.1. The number of amides is 2. The smallest absolute Gasteiger partial charge is 0.407 e. The molecule has 0 aliphatic carbocycles. The summed E-state index contributed by atoms with van der Waals surface area (Å²) in [6, 6.07) is 0. The molecule has 0 radical (unpaired) electrons. The van der Waals surface area contributed by atoms with E-state index in [9.17, 15) is 19.0 Å². The number of hydrogen-bond donors (Lipinski definition) is 3. The van der Waals surface area contributed by atoms with Crippen LogP contribution in [0.5, 0.6) is 0 Å². The summed E-state index contributed by atoms with van der Waals surface area (Å²) >= 11 is 0. The molecule has 2 amide bonds. The van der Waals surface area contributed by atoms with Gasteiger partial charge in [-0.2, -0.15) is 0 Å². The molecule has 0 aromatic carbocycles. The molecule has 0 aromatic heterocycles. The summed E-state index contributed by atoms with van der Waals surface area (Å²) in [5, 5.41) is 5.41. The second-order valence-electron chi connectivity index (χ2n) is 10.4. The average Bonchev–Trinajstić information content (AvgIpc) is 2.91. The highest BCUT2D eigenvalue weighted by atomic mass is 31.2. The van der Waals surface area contributed by atoms with Crippen LogP contribution in [0.4, 0.5) is 9.59 Å². The Bertz CT molecular complexity index is 637. The Hall–Kier alpha value is -1.31. The van der Waals surface area contributed by atoms with Gasteiger partial charge in [0, 0.05) is 19.3 Å².